The number of nitrogens with zero attached hydrogens (tertiary/aromatic N) is 6. The summed E-state index contributed by atoms with van der Waals surface area (Å²) in [6, 6.07) is 13.8. The molecular formula is C15H17N7. The predicted octanol–water partition coefficient (Wildman–Crippen LogP) is 1.74. The second-order valence-corrected chi connectivity index (χ2v) is 5.02. The Morgan fingerprint density at radius 1 is 1.14 bits per heavy atom. The molecule has 0 unspecified atom stereocenters. The zero-order valence-corrected chi connectivity index (χ0v) is 12.5. The van der Waals surface area contributed by atoms with E-state index in [1.165, 1.54) is 0 Å². The largest absolute Gasteiger partial charge is 0.363 e. The molecule has 7 nitrogen and oxygen atoms in total. The first-order valence-corrected chi connectivity index (χ1v) is 6.94. The third-order valence-electron chi connectivity index (χ3n) is 3.19. The van der Waals surface area contributed by atoms with Gasteiger partial charge < -0.3 is 10.2 Å². The Morgan fingerprint density at radius 3 is 2.73 bits per heavy atom. The summed E-state index contributed by atoms with van der Waals surface area (Å²) >= 11 is 0. The fourth-order valence-corrected chi connectivity index (χ4v) is 2.04. The summed E-state index contributed by atoms with van der Waals surface area (Å²) in [5.41, 5.74) is 2.03. The van der Waals surface area contributed by atoms with Gasteiger partial charge >= 0.3 is 0 Å². The number of para-hydroxylation sites is 1. The maximum Gasteiger partial charge on any atom is 0.248 e. The summed E-state index contributed by atoms with van der Waals surface area (Å²) in [4.78, 5) is 6.27. The van der Waals surface area contributed by atoms with Crippen LogP contribution in [0.2, 0.25) is 0 Å². The van der Waals surface area contributed by atoms with E-state index < -0.39 is 0 Å². The van der Waals surface area contributed by atoms with Crippen molar-refractivity contribution in [1.82, 2.24) is 25.2 Å². The molecule has 0 amide bonds. The lowest BCUT2D eigenvalue weighted by molar-refractivity contribution is 0.789. The fraction of sp³-hybridized carbons (Fsp3) is 0.200. The number of hydrogen-bond acceptors (Lipinski definition) is 6. The molecule has 0 fully saturated rings. The lowest BCUT2D eigenvalue weighted by Crippen LogP contribution is -2.12. The van der Waals surface area contributed by atoms with Crippen molar-refractivity contribution >= 4 is 11.8 Å². The second-order valence-electron chi connectivity index (χ2n) is 5.02. The van der Waals surface area contributed by atoms with Crippen LogP contribution < -0.4 is 10.2 Å². The molecule has 2 heterocycles. The number of tetrazole rings is 1. The normalized spacial score (nSPS) is 10.5. The van der Waals surface area contributed by atoms with Crippen LogP contribution in [-0.2, 0) is 6.54 Å². The Balaban J connectivity index is 1.75. The van der Waals surface area contributed by atoms with Crippen LogP contribution >= 0.6 is 0 Å². The molecular weight excluding hydrogens is 278 g/mol. The van der Waals surface area contributed by atoms with Gasteiger partial charge in [0, 0.05) is 26.8 Å². The molecule has 2 aromatic heterocycles. The molecule has 0 spiro atoms. The van der Waals surface area contributed by atoms with Crippen LogP contribution in [0.4, 0.5) is 11.8 Å². The highest BCUT2D eigenvalue weighted by Gasteiger charge is 2.07. The minimum absolute atomic E-state index is 0.606. The van der Waals surface area contributed by atoms with Gasteiger partial charge in [0.15, 0.2) is 0 Å². The zero-order valence-electron chi connectivity index (χ0n) is 12.5. The van der Waals surface area contributed by atoms with E-state index in [1.807, 2.05) is 61.5 Å². The molecule has 22 heavy (non-hydrogen) atoms. The molecule has 0 aliphatic heterocycles. The molecule has 0 atom stereocenters. The Hall–Kier alpha value is -2.96. The van der Waals surface area contributed by atoms with Crippen LogP contribution in [0.5, 0.6) is 0 Å². The van der Waals surface area contributed by atoms with Crippen molar-refractivity contribution in [2.75, 3.05) is 24.3 Å². The van der Waals surface area contributed by atoms with Gasteiger partial charge in [0.1, 0.15) is 5.82 Å². The highest BCUT2D eigenvalue weighted by Crippen LogP contribution is 2.13. The number of anilines is 2. The molecule has 0 saturated heterocycles. The highest BCUT2D eigenvalue weighted by molar-refractivity contribution is 5.42. The Labute approximate surface area is 128 Å². The average Bonchev–Trinajstić information content (AvgIpc) is 3.02. The van der Waals surface area contributed by atoms with Crippen LogP contribution in [0, 0.1) is 0 Å². The van der Waals surface area contributed by atoms with Crippen molar-refractivity contribution in [1.29, 1.82) is 0 Å². The summed E-state index contributed by atoms with van der Waals surface area (Å²) in [5, 5.41) is 15.0. The van der Waals surface area contributed by atoms with E-state index in [0.717, 1.165) is 17.1 Å². The third kappa shape index (κ3) is 3.03. The number of rotatable bonds is 5. The third-order valence-corrected chi connectivity index (χ3v) is 3.19. The van der Waals surface area contributed by atoms with Gasteiger partial charge in [0.2, 0.25) is 5.95 Å². The number of hydrogen-bond donors (Lipinski definition) is 1. The maximum atomic E-state index is 4.30. The average molecular weight is 295 g/mol. The molecule has 0 aliphatic carbocycles. The first-order chi connectivity index (χ1) is 10.7. The van der Waals surface area contributed by atoms with Crippen LogP contribution in [0.1, 0.15) is 5.56 Å². The fourth-order valence-electron chi connectivity index (χ4n) is 2.04. The van der Waals surface area contributed by atoms with Crippen LogP contribution in [0.15, 0.2) is 48.7 Å². The summed E-state index contributed by atoms with van der Waals surface area (Å²) in [6.45, 7) is 0.622. The van der Waals surface area contributed by atoms with Gasteiger partial charge in [-0.1, -0.05) is 23.3 Å². The van der Waals surface area contributed by atoms with Crippen molar-refractivity contribution in [2.24, 2.45) is 0 Å². The van der Waals surface area contributed by atoms with Crippen LogP contribution in [-0.4, -0.2) is 39.3 Å². The standard InChI is InChI=1S/C15H17N7/c1-21(2)14-10-12(8-9-16-14)11-17-15-18-19-20-22(15)13-6-4-3-5-7-13/h3-10H,11H2,1-2H3,(H,17,18,20). The highest BCUT2D eigenvalue weighted by atomic mass is 15.6. The zero-order chi connectivity index (χ0) is 15.4. The quantitative estimate of drug-likeness (QED) is 0.773. The van der Waals surface area contributed by atoms with Crippen molar-refractivity contribution in [2.45, 2.75) is 6.54 Å². The van der Waals surface area contributed by atoms with Gasteiger partial charge in [-0.15, -0.1) is 0 Å². The second kappa shape index (κ2) is 6.21. The molecule has 0 bridgehead atoms. The first kappa shape index (κ1) is 14.0. The lowest BCUT2D eigenvalue weighted by atomic mass is 10.2. The molecule has 0 saturated carbocycles. The van der Waals surface area contributed by atoms with Crippen LogP contribution in [0.25, 0.3) is 5.69 Å². The van der Waals surface area contributed by atoms with Gasteiger partial charge in [-0.3, -0.25) is 0 Å². The summed E-state index contributed by atoms with van der Waals surface area (Å²) in [7, 11) is 3.94. The van der Waals surface area contributed by atoms with Gasteiger partial charge in [0.05, 0.1) is 5.69 Å². The van der Waals surface area contributed by atoms with E-state index in [2.05, 4.69) is 25.8 Å². The summed E-state index contributed by atoms with van der Waals surface area (Å²) in [6.07, 6.45) is 1.80. The van der Waals surface area contributed by atoms with E-state index in [-0.39, 0.29) is 0 Å². The van der Waals surface area contributed by atoms with E-state index >= 15 is 0 Å². The van der Waals surface area contributed by atoms with Crippen molar-refractivity contribution in [3.63, 3.8) is 0 Å². The molecule has 7 heteroatoms. The van der Waals surface area contributed by atoms with E-state index in [1.54, 1.807) is 10.9 Å². The van der Waals surface area contributed by atoms with Crippen molar-refractivity contribution < 1.29 is 0 Å². The minimum atomic E-state index is 0.606. The van der Waals surface area contributed by atoms with E-state index in [4.69, 9.17) is 0 Å². The molecule has 3 aromatic rings. The summed E-state index contributed by atoms with van der Waals surface area (Å²) in [5.74, 6) is 1.52. The SMILES string of the molecule is CN(C)c1cc(CNc2nnnn2-c2ccccc2)ccn1. The maximum absolute atomic E-state index is 4.30. The summed E-state index contributed by atoms with van der Waals surface area (Å²) < 4.78 is 1.67. The van der Waals surface area contributed by atoms with Crippen molar-refractivity contribution in [3.05, 3.63) is 54.2 Å². The molecule has 0 radical (unpaired) electrons. The van der Waals surface area contributed by atoms with Gasteiger partial charge in [-0.2, -0.15) is 4.68 Å². The first-order valence-electron chi connectivity index (χ1n) is 6.94. The Kier molecular flexibility index (Phi) is 3.95. The molecule has 0 aliphatic rings. The number of nitrogens with one attached hydrogen (secondary N) is 1. The smallest absolute Gasteiger partial charge is 0.248 e. The Morgan fingerprint density at radius 2 is 1.95 bits per heavy atom. The number of pyridine rings is 1. The number of benzene rings is 1. The van der Waals surface area contributed by atoms with Crippen molar-refractivity contribution in [3.8, 4) is 5.69 Å². The van der Waals surface area contributed by atoms with Gasteiger partial charge in [-0.05, 0) is 40.3 Å². The Bertz CT molecular complexity index is 736. The predicted molar refractivity (Wildman–Crippen MR) is 85.0 cm³/mol. The lowest BCUT2D eigenvalue weighted by Gasteiger charge is -2.12. The minimum Gasteiger partial charge on any atom is -0.363 e. The van der Waals surface area contributed by atoms with E-state index in [9.17, 15) is 0 Å². The number of aromatic nitrogens is 5. The topological polar surface area (TPSA) is 71.8 Å². The molecule has 1 aromatic carbocycles. The van der Waals surface area contributed by atoms with E-state index in [0.29, 0.717) is 12.5 Å². The monoisotopic (exact) mass is 295 g/mol. The van der Waals surface area contributed by atoms with Gasteiger partial charge in [0.25, 0.3) is 0 Å². The molecule has 1 N–H and O–H groups in total. The molecule has 3 rings (SSSR count). The van der Waals surface area contributed by atoms with Crippen LogP contribution in [0.3, 0.4) is 0 Å². The molecule has 112 valence electrons. The van der Waals surface area contributed by atoms with Gasteiger partial charge in [-0.25, -0.2) is 4.98 Å².